The van der Waals surface area contributed by atoms with Gasteiger partial charge in [-0.1, -0.05) is 74.0 Å². The molecule has 1 unspecified atom stereocenters. The van der Waals surface area contributed by atoms with Gasteiger partial charge in [0, 0.05) is 23.3 Å². The summed E-state index contributed by atoms with van der Waals surface area (Å²) in [5.41, 5.74) is 4.96. The van der Waals surface area contributed by atoms with Gasteiger partial charge in [0.1, 0.15) is 6.04 Å². The Labute approximate surface area is 170 Å². The maximum absolute atomic E-state index is 13.2. The zero-order valence-corrected chi connectivity index (χ0v) is 16.9. The van der Waals surface area contributed by atoms with Crippen molar-refractivity contribution in [3.8, 4) is 11.4 Å². The molecule has 0 radical (unpaired) electrons. The van der Waals surface area contributed by atoms with Crippen molar-refractivity contribution in [1.82, 2.24) is 14.8 Å². The fraction of sp³-hybridized carbons (Fsp3) is 0.292. The fourth-order valence-corrected chi connectivity index (χ4v) is 4.38. The summed E-state index contributed by atoms with van der Waals surface area (Å²) in [6.07, 6.45) is 1.37. The van der Waals surface area contributed by atoms with Crippen LogP contribution in [0.3, 0.4) is 0 Å². The van der Waals surface area contributed by atoms with Crippen LogP contribution in [0.2, 0.25) is 0 Å². The Kier molecular flexibility index (Phi) is 3.95. The first-order valence-electron chi connectivity index (χ1n) is 10.0. The highest BCUT2D eigenvalue weighted by Crippen LogP contribution is 2.45. The highest BCUT2D eigenvalue weighted by atomic mass is 16.1. The number of ketones is 1. The molecule has 1 aliphatic heterocycles. The van der Waals surface area contributed by atoms with Crippen LogP contribution < -0.4 is 5.32 Å². The van der Waals surface area contributed by atoms with Gasteiger partial charge in [0.05, 0.1) is 0 Å². The van der Waals surface area contributed by atoms with E-state index in [0.29, 0.717) is 18.2 Å². The molecule has 146 valence electrons. The van der Waals surface area contributed by atoms with Crippen molar-refractivity contribution in [2.45, 2.75) is 39.7 Å². The summed E-state index contributed by atoms with van der Waals surface area (Å²) in [5.74, 6) is 1.55. The van der Waals surface area contributed by atoms with E-state index in [1.54, 1.807) is 0 Å². The highest BCUT2D eigenvalue weighted by molar-refractivity contribution is 6.00. The number of hydrogen-bond acceptors (Lipinski definition) is 4. The van der Waals surface area contributed by atoms with Crippen LogP contribution in [0.1, 0.15) is 43.9 Å². The Bertz CT molecular complexity index is 1120. The molecule has 0 amide bonds. The second-order valence-electron chi connectivity index (χ2n) is 8.84. The molecule has 1 aliphatic carbocycles. The van der Waals surface area contributed by atoms with Crippen molar-refractivity contribution >= 4 is 11.7 Å². The van der Waals surface area contributed by atoms with E-state index in [9.17, 15) is 4.79 Å². The predicted molar refractivity (Wildman–Crippen MR) is 113 cm³/mol. The van der Waals surface area contributed by atoms with Gasteiger partial charge < -0.3 is 5.32 Å². The third-order valence-electron chi connectivity index (χ3n) is 5.76. The van der Waals surface area contributed by atoms with Crippen LogP contribution in [-0.4, -0.2) is 20.5 Å². The summed E-state index contributed by atoms with van der Waals surface area (Å²) in [5, 5.41) is 8.26. The van der Waals surface area contributed by atoms with Crippen molar-refractivity contribution < 1.29 is 4.79 Å². The lowest BCUT2D eigenvalue weighted by Crippen LogP contribution is -2.36. The lowest BCUT2D eigenvalue weighted by molar-refractivity contribution is -0.118. The molecule has 3 aromatic rings. The summed E-state index contributed by atoms with van der Waals surface area (Å²) < 4.78 is 1.87. The van der Waals surface area contributed by atoms with Crippen molar-refractivity contribution in [2.24, 2.45) is 5.41 Å². The number of nitrogens with one attached hydrogen (secondary N) is 1. The molecule has 5 heteroatoms. The summed E-state index contributed by atoms with van der Waals surface area (Å²) in [7, 11) is 0. The molecule has 2 aromatic carbocycles. The first-order chi connectivity index (χ1) is 13.9. The topological polar surface area (TPSA) is 59.8 Å². The molecule has 0 spiro atoms. The lowest BCUT2D eigenvalue weighted by atomic mass is 9.73. The number of Topliss-reactive ketones (excluding diaryl/α,β-unsaturated/α-hetero) is 1. The van der Waals surface area contributed by atoms with E-state index in [0.717, 1.165) is 28.8 Å². The van der Waals surface area contributed by atoms with Crippen LogP contribution in [0.15, 0.2) is 65.9 Å². The molecule has 1 N–H and O–H groups in total. The molecule has 0 bridgehead atoms. The number of allylic oxidation sites excluding steroid dienone is 2. The van der Waals surface area contributed by atoms with E-state index in [2.05, 4.69) is 50.4 Å². The quantitative estimate of drug-likeness (QED) is 0.682. The Morgan fingerprint density at radius 3 is 2.48 bits per heavy atom. The van der Waals surface area contributed by atoms with Gasteiger partial charge >= 0.3 is 0 Å². The Morgan fingerprint density at radius 2 is 1.76 bits per heavy atom. The molecular weight excluding hydrogens is 360 g/mol. The van der Waals surface area contributed by atoms with Gasteiger partial charge in [0.2, 0.25) is 5.95 Å². The van der Waals surface area contributed by atoms with Crippen LogP contribution in [0.5, 0.6) is 0 Å². The van der Waals surface area contributed by atoms with Crippen molar-refractivity contribution in [3.05, 3.63) is 77.0 Å². The Balaban J connectivity index is 1.67. The standard InChI is InChI=1S/C24H24N4O/c1-15-9-11-17(12-10-15)22-26-23-25-18-13-24(2,3)14-19(29)20(18)21(28(23)27-22)16-7-5-4-6-8-16/h4-12,21H,13-14H2,1-3H3,(H,25,26,27). The van der Waals surface area contributed by atoms with E-state index in [1.807, 2.05) is 35.0 Å². The molecule has 2 aliphatic rings. The van der Waals surface area contributed by atoms with Gasteiger partial charge in [-0.2, -0.15) is 4.98 Å². The van der Waals surface area contributed by atoms with Gasteiger partial charge in [0.15, 0.2) is 11.6 Å². The van der Waals surface area contributed by atoms with Crippen LogP contribution >= 0.6 is 0 Å². The van der Waals surface area contributed by atoms with Gasteiger partial charge in [-0.25, -0.2) is 4.68 Å². The van der Waals surface area contributed by atoms with E-state index in [1.165, 1.54) is 5.56 Å². The predicted octanol–water partition coefficient (Wildman–Crippen LogP) is 4.91. The maximum Gasteiger partial charge on any atom is 0.226 e. The minimum atomic E-state index is -0.252. The van der Waals surface area contributed by atoms with Crippen LogP contribution in [0.25, 0.3) is 11.4 Å². The molecular formula is C24H24N4O. The third kappa shape index (κ3) is 3.07. The number of rotatable bonds is 2. The average Bonchev–Trinajstić information content (AvgIpc) is 3.10. The first-order valence-corrected chi connectivity index (χ1v) is 10.0. The number of benzene rings is 2. The molecule has 0 fully saturated rings. The molecule has 0 saturated carbocycles. The average molecular weight is 384 g/mol. The molecule has 1 aromatic heterocycles. The monoisotopic (exact) mass is 384 g/mol. The minimum Gasteiger partial charge on any atom is -0.328 e. The molecule has 2 heterocycles. The lowest BCUT2D eigenvalue weighted by Gasteiger charge is -2.38. The van der Waals surface area contributed by atoms with Crippen LogP contribution in [0, 0.1) is 12.3 Å². The number of fused-ring (bicyclic) bond motifs is 1. The molecule has 5 nitrogen and oxygen atoms in total. The Hall–Kier alpha value is -3.21. The van der Waals surface area contributed by atoms with Crippen molar-refractivity contribution in [3.63, 3.8) is 0 Å². The van der Waals surface area contributed by atoms with Crippen molar-refractivity contribution in [1.29, 1.82) is 0 Å². The molecule has 5 rings (SSSR count). The normalized spacial score (nSPS) is 20.1. The summed E-state index contributed by atoms with van der Waals surface area (Å²) in [6, 6.07) is 18.1. The fourth-order valence-electron chi connectivity index (χ4n) is 4.38. The first kappa shape index (κ1) is 17.9. The number of hydrogen-bond donors (Lipinski definition) is 1. The van der Waals surface area contributed by atoms with Gasteiger partial charge in [-0.05, 0) is 24.3 Å². The summed E-state index contributed by atoms with van der Waals surface area (Å²) in [4.78, 5) is 18.0. The second kappa shape index (κ2) is 6.41. The minimum absolute atomic E-state index is 0.0634. The SMILES string of the molecule is Cc1ccc(-c2nc3n(n2)C(c2ccccc2)C2=C(CC(C)(C)CC2=O)N3)cc1. The van der Waals surface area contributed by atoms with E-state index < -0.39 is 0 Å². The zero-order chi connectivity index (χ0) is 20.2. The number of carbonyl (C=O) groups excluding carboxylic acids is 1. The summed E-state index contributed by atoms with van der Waals surface area (Å²) in [6.45, 7) is 6.35. The van der Waals surface area contributed by atoms with Gasteiger partial charge in [0.25, 0.3) is 0 Å². The molecule has 0 saturated heterocycles. The zero-order valence-electron chi connectivity index (χ0n) is 16.9. The molecule has 29 heavy (non-hydrogen) atoms. The smallest absolute Gasteiger partial charge is 0.226 e. The number of aromatic nitrogens is 3. The number of nitrogens with zero attached hydrogens (tertiary/aromatic N) is 3. The molecule has 1 atom stereocenters. The largest absolute Gasteiger partial charge is 0.328 e. The van der Waals surface area contributed by atoms with Crippen LogP contribution in [-0.2, 0) is 4.79 Å². The van der Waals surface area contributed by atoms with Gasteiger partial charge in [-0.3, -0.25) is 4.79 Å². The summed E-state index contributed by atoms with van der Waals surface area (Å²) >= 11 is 0. The highest BCUT2D eigenvalue weighted by Gasteiger charge is 2.41. The van der Waals surface area contributed by atoms with E-state index in [4.69, 9.17) is 10.1 Å². The van der Waals surface area contributed by atoms with Gasteiger partial charge in [-0.15, -0.1) is 5.10 Å². The van der Waals surface area contributed by atoms with E-state index >= 15 is 0 Å². The third-order valence-corrected chi connectivity index (χ3v) is 5.76. The Morgan fingerprint density at radius 1 is 1.03 bits per heavy atom. The second-order valence-corrected chi connectivity index (χ2v) is 8.84. The number of aryl methyl sites for hydroxylation is 1. The van der Waals surface area contributed by atoms with E-state index in [-0.39, 0.29) is 17.2 Å². The van der Waals surface area contributed by atoms with Crippen LogP contribution in [0.4, 0.5) is 5.95 Å². The number of anilines is 1. The van der Waals surface area contributed by atoms with Crippen molar-refractivity contribution in [2.75, 3.05) is 5.32 Å². The maximum atomic E-state index is 13.2. The number of carbonyl (C=O) groups is 1.